The van der Waals surface area contributed by atoms with Crippen LogP contribution in [0.2, 0.25) is 0 Å². The van der Waals surface area contributed by atoms with Crippen LogP contribution in [0.1, 0.15) is 23.5 Å². The number of benzene rings is 1. The third-order valence-corrected chi connectivity index (χ3v) is 5.87. The number of aromatic nitrogens is 1. The minimum absolute atomic E-state index is 0.0775. The van der Waals surface area contributed by atoms with Crippen molar-refractivity contribution in [3.05, 3.63) is 78.3 Å². The molecule has 1 aliphatic rings. The second kappa shape index (κ2) is 8.77. The second-order valence-corrected chi connectivity index (χ2v) is 7.85. The lowest BCUT2D eigenvalue weighted by Crippen LogP contribution is -2.32. The zero-order valence-corrected chi connectivity index (χ0v) is 17.1. The van der Waals surface area contributed by atoms with Crippen LogP contribution in [0.5, 0.6) is 0 Å². The molecule has 3 heterocycles. The molecule has 5 nitrogen and oxygen atoms in total. The van der Waals surface area contributed by atoms with Crippen LogP contribution in [0, 0.1) is 0 Å². The molecule has 4 rings (SSSR count). The van der Waals surface area contributed by atoms with Crippen molar-refractivity contribution >= 4 is 29.1 Å². The molecule has 1 aliphatic heterocycles. The number of furan rings is 1. The summed E-state index contributed by atoms with van der Waals surface area (Å²) in [5.41, 5.74) is 0.934. The van der Waals surface area contributed by atoms with Gasteiger partial charge in [0.2, 0.25) is 0 Å². The van der Waals surface area contributed by atoms with E-state index in [9.17, 15) is 0 Å². The van der Waals surface area contributed by atoms with Crippen LogP contribution in [-0.4, -0.2) is 35.3 Å². The summed E-state index contributed by atoms with van der Waals surface area (Å²) >= 11 is 7.21. The third kappa shape index (κ3) is 4.06. The van der Waals surface area contributed by atoms with E-state index < -0.39 is 0 Å². The molecule has 28 heavy (non-hydrogen) atoms. The van der Waals surface area contributed by atoms with E-state index in [4.69, 9.17) is 21.4 Å². The highest BCUT2D eigenvalue weighted by Gasteiger charge is 2.41. The number of hydrogen-bond acceptors (Lipinski definition) is 5. The topological polar surface area (TPSA) is 50.5 Å². The number of nitrogens with zero attached hydrogens (tertiary/aromatic N) is 2. The van der Waals surface area contributed by atoms with Gasteiger partial charge in [0.25, 0.3) is 0 Å². The molecule has 0 unspecified atom stereocenters. The van der Waals surface area contributed by atoms with Crippen LogP contribution in [0.15, 0.2) is 81.3 Å². The number of rotatable bonds is 7. The monoisotopic (exact) mass is 411 g/mol. The van der Waals surface area contributed by atoms with E-state index in [1.165, 1.54) is 0 Å². The largest absolute Gasteiger partial charge is 0.452 e. The van der Waals surface area contributed by atoms with Crippen molar-refractivity contribution in [3.8, 4) is 0 Å². The summed E-state index contributed by atoms with van der Waals surface area (Å²) in [5.74, 6) is 0.859. The van der Waals surface area contributed by atoms with Crippen molar-refractivity contribution in [2.75, 3.05) is 20.3 Å². The molecule has 0 amide bonds. The van der Waals surface area contributed by atoms with Gasteiger partial charge in [0.05, 0.1) is 18.3 Å². The van der Waals surface area contributed by atoms with Gasteiger partial charge in [0, 0.05) is 24.7 Å². The quantitative estimate of drug-likeness (QED) is 0.577. The Bertz CT molecular complexity index is 918. The Morgan fingerprint density at radius 1 is 1.14 bits per heavy atom. The van der Waals surface area contributed by atoms with E-state index in [2.05, 4.69) is 27.3 Å². The van der Waals surface area contributed by atoms with Crippen molar-refractivity contribution in [2.24, 2.45) is 0 Å². The second-order valence-electron chi connectivity index (χ2n) is 6.38. The fourth-order valence-electron chi connectivity index (χ4n) is 3.30. The minimum Gasteiger partial charge on any atom is -0.452 e. The van der Waals surface area contributed by atoms with Gasteiger partial charge in [0.15, 0.2) is 10.2 Å². The van der Waals surface area contributed by atoms with Crippen LogP contribution in [0.4, 0.5) is 0 Å². The lowest BCUT2D eigenvalue weighted by Gasteiger charge is -2.25. The van der Waals surface area contributed by atoms with E-state index in [1.807, 2.05) is 48.5 Å². The van der Waals surface area contributed by atoms with Gasteiger partial charge in [-0.2, -0.15) is 0 Å². The Balaban J connectivity index is 1.63. The number of thiocarbonyl (C=S) groups is 1. The standard InChI is InChI=1S/C21H21N3O2S2/c1-25-14-13-24-20(19(23-21(24)27)16-9-5-6-12-22-16)17-10-11-18(26-17)28-15-7-3-2-4-8-15/h2-12,19-20H,13-14H2,1H3,(H,23,27)/t19-,20-/m1/s1. The number of ether oxygens (including phenoxy) is 1. The first kappa shape index (κ1) is 19.0. The average molecular weight is 412 g/mol. The first-order valence-electron chi connectivity index (χ1n) is 9.06. The molecule has 3 aromatic rings. The fourth-order valence-corrected chi connectivity index (χ4v) is 4.43. The molecular formula is C21H21N3O2S2. The first-order valence-corrected chi connectivity index (χ1v) is 10.3. The summed E-state index contributed by atoms with van der Waals surface area (Å²) in [6, 6.07) is 20.0. The summed E-state index contributed by atoms with van der Waals surface area (Å²) < 4.78 is 11.5. The summed E-state index contributed by atoms with van der Waals surface area (Å²) in [5, 5.41) is 4.95. The van der Waals surface area contributed by atoms with Crippen molar-refractivity contribution in [3.63, 3.8) is 0 Å². The molecular weight excluding hydrogens is 390 g/mol. The van der Waals surface area contributed by atoms with Crippen molar-refractivity contribution < 1.29 is 9.15 Å². The smallest absolute Gasteiger partial charge is 0.170 e. The predicted molar refractivity (Wildman–Crippen MR) is 113 cm³/mol. The molecule has 1 fully saturated rings. The average Bonchev–Trinajstić information content (AvgIpc) is 3.31. The lowest BCUT2D eigenvalue weighted by atomic mass is 10.0. The molecule has 2 atom stereocenters. The number of hydrogen-bond donors (Lipinski definition) is 1. The van der Waals surface area contributed by atoms with Gasteiger partial charge in [-0.3, -0.25) is 4.98 Å². The van der Waals surface area contributed by atoms with Crippen LogP contribution in [0.3, 0.4) is 0 Å². The Morgan fingerprint density at radius 2 is 1.96 bits per heavy atom. The first-order chi connectivity index (χ1) is 13.8. The summed E-state index contributed by atoms with van der Waals surface area (Å²) in [4.78, 5) is 7.79. The van der Waals surface area contributed by atoms with Crippen LogP contribution >= 0.6 is 24.0 Å². The Hall–Kier alpha value is -2.35. The molecule has 1 N–H and O–H groups in total. The molecule has 1 saturated heterocycles. The van der Waals surface area contributed by atoms with Gasteiger partial charge in [-0.1, -0.05) is 36.0 Å². The highest BCUT2D eigenvalue weighted by molar-refractivity contribution is 7.99. The van der Waals surface area contributed by atoms with Crippen molar-refractivity contribution in [2.45, 2.75) is 22.1 Å². The zero-order chi connectivity index (χ0) is 19.3. The molecule has 144 valence electrons. The van der Waals surface area contributed by atoms with Gasteiger partial charge in [0.1, 0.15) is 11.8 Å². The Kier molecular flexibility index (Phi) is 5.95. The molecule has 2 aromatic heterocycles. The van der Waals surface area contributed by atoms with Crippen LogP contribution in [-0.2, 0) is 4.74 Å². The van der Waals surface area contributed by atoms with E-state index in [0.717, 1.165) is 21.4 Å². The molecule has 7 heteroatoms. The van der Waals surface area contributed by atoms with Crippen molar-refractivity contribution in [1.29, 1.82) is 0 Å². The van der Waals surface area contributed by atoms with Gasteiger partial charge >= 0.3 is 0 Å². The molecule has 0 radical (unpaired) electrons. The minimum atomic E-state index is -0.0809. The van der Waals surface area contributed by atoms with E-state index >= 15 is 0 Å². The van der Waals surface area contributed by atoms with Gasteiger partial charge < -0.3 is 19.4 Å². The number of pyridine rings is 1. The van der Waals surface area contributed by atoms with E-state index in [1.54, 1.807) is 25.1 Å². The highest BCUT2D eigenvalue weighted by Crippen LogP contribution is 2.40. The summed E-state index contributed by atoms with van der Waals surface area (Å²) in [6.07, 6.45) is 1.80. The van der Waals surface area contributed by atoms with Crippen LogP contribution in [0.25, 0.3) is 0 Å². The van der Waals surface area contributed by atoms with Gasteiger partial charge in [-0.15, -0.1) is 0 Å². The van der Waals surface area contributed by atoms with E-state index in [0.29, 0.717) is 18.3 Å². The van der Waals surface area contributed by atoms with Gasteiger partial charge in [-0.25, -0.2) is 0 Å². The Labute approximate surface area is 174 Å². The van der Waals surface area contributed by atoms with E-state index in [-0.39, 0.29) is 12.1 Å². The van der Waals surface area contributed by atoms with Crippen molar-refractivity contribution in [1.82, 2.24) is 15.2 Å². The molecule has 0 aliphatic carbocycles. The normalized spacial score (nSPS) is 19.0. The zero-order valence-electron chi connectivity index (χ0n) is 15.4. The number of methoxy groups -OCH3 is 1. The van der Waals surface area contributed by atoms with Gasteiger partial charge in [-0.05, 0) is 48.6 Å². The molecule has 0 saturated carbocycles. The maximum absolute atomic E-state index is 6.23. The highest BCUT2D eigenvalue weighted by atomic mass is 32.2. The Morgan fingerprint density at radius 3 is 2.71 bits per heavy atom. The maximum atomic E-state index is 6.23. The predicted octanol–water partition coefficient (Wildman–Crippen LogP) is 4.44. The number of nitrogens with one attached hydrogen (secondary N) is 1. The SMILES string of the molecule is COCCN1C(=S)N[C@H](c2ccccn2)[C@H]1c1ccc(Sc2ccccc2)o1. The fraction of sp³-hybridized carbons (Fsp3) is 0.238. The summed E-state index contributed by atoms with van der Waals surface area (Å²) in [6.45, 7) is 1.26. The lowest BCUT2D eigenvalue weighted by molar-refractivity contribution is 0.156. The molecule has 1 aromatic carbocycles. The molecule has 0 spiro atoms. The molecule has 0 bridgehead atoms. The third-order valence-electron chi connectivity index (χ3n) is 4.59. The van der Waals surface area contributed by atoms with Crippen LogP contribution < -0.4 is 5.32 Å². The summed E-state index contributed by atoms with van der Waals surface area (Å²) in [7, 11) is 1.69. The maximum Gasteiger partial charge on any atom is 0.170 e.